The van der Waals surface area contributed by atoms with Gasteiger partial charge in [-0.3, -0.25) is 4.98 Å². The Morgan fingerprint density at radius 2 is 1.95 bits per heavy atom. The highest BCUT2D eigenvalue weighted by Gasteiger charge is 2.22. The van der Waals surface area contributed by atoms with Gasteiger partial charge in [-0.25, -0.2) is 9.18 Å². The molecule has 0 atom stereocenters. The van der Waals surface area contributed by atoms with Crippen LogP contribution in [0, 0.1) is 5.82 Å². The molecule has 3 rings (SSSR count). The lowest BCUT2D eigenvalue weighted by molar-refractivity contribution is 0.565. The summed E-state index contributed by atoms with van der Waals surface area (Å²) in [6.45, 7) is 0. The van der Waals surface area contributed by atoms with Crippen molar-refractivity contribution >= 4 is 11.8 Å². The molecule has 19 heavy (non-hydrogen) atoms. The summed E-state index contributed by atoms with van der Waals surface area (Å²) in [5.41, 5.74) is 3.51. The van der Waals surface area contributed by atoms with Gasteiger partial charge in [0.15, 0.2) is 0 Å². The smallest absolute Gasteiger partial charge is 0.240 e. The van der Waals surface area contributed by atoms with Crippen molar-refractivity contribution < 1.29 is 9.18 Å². The van der Waals surface area contributed by atoms with Crippen LogP contribution in [-0.2, 0) is 17.6 Å². The van der Waals surface area contributed by atoms with Gasteiger partial charge in [-0.1, -0.05) is 0 Å². The zero-order valence-electron chi connectivity index (χ0n) is 10.2. The normalized spacial score (nSPS) is 12.9. The van der Waals surface area contributed by atoms with Crippen LogP contribution >= 0.6 is 0 Å². The molecule has 1 aliphatic carbocycles. The summed E-state index contributed by atoms with van der Waals surface area (Å²) < 4.78 is 14.1. The van der Waals surface area contributed by atoms with E-state index in [1.165, 1.54) is 6.07 Å². The third-order valence-electron chi connectivity index (χ3n) is 3.47. The number of aliphatic imine (C=N–C) groups is 1. The van der Waals surface area contributed by atoms with E-state index in [0.717, 1.165) is 24.0 Å². The Kier molecular flexibility index (Phi) is 2.94. The molecule has 4 heteroatoms. The number of nitrogens with zero attached hydrogens (tertiary/aromatic N) is 2. The molecule has 3 nitrogen and oxygen atoms in total. The van der Waals surface area contributed by atoms with Crippen molar-refractivity contribution in [1.29, 1.82) is 0 Å². The molecule has 1 aliphatic rings. The first-order valence-corrected chi connectivity index (χ1v) is 6.14. The molecule has 2 aromatic rings. The Hall–Kier alpha value is -2.32. The van der Waals surface area contributed by atoms with E-state index >= 15 is 0 Å². The Balaban J connectivity index is 2.30. The molecule has 0 radical (unpaired) electrons. The highest BCUT2D eigenvalue weighted by molar-refractivity contribution is 5.81. The standard InChI is InChI=1S/C15H11FN2O/c16-14-8-13(10-4-6-17-7-5-10)15(18-9-19)12-3-1-2-11(12)14/h4-8H,1-3H2. The summed E-state index contributed by atoms with van der Waals surface area (Å²) in [5.74, 6) is -0.218. The van der Waals surface area contributed by atoms with Gasteiger partial charge in [0.2, 0.25) is 6.08 Å². The maximum atomic E-state index is 14.1. The zero-order valence-corrected chi connectivity index (χ0v) is 10.2. The van der Waals surface area contributed by atoms with E-state index in [4.69, 9.17) is 0 Å². The average molecular weight is 254 g/mol. The maximum absolute atomic E-state index is 14.1. The van der Waals surface area contributed by atoms with Crippen molar-refractivity contribution in [3.63, 3.8) is 0 Å². The summed E-state index contributed by atoms with van der Waals surface area (Å²) in [5, 5.41) is 0. The molecule has 94 valence electrons. The van der Waals surface area contributed by atoms with Crippen molar-refractivity contribution in [2.45, 2.75) is 19.3 Å². The lowest BCUT2D eigenvalue weighted by Gasteiger charge is -2.11. The summed E-state index contributed by atoms with van der Waals surface area (Å²) in [7, 11) is 0. The van der Waals surface area contributed by atoms with Gasteiger partial charge in [-0.2, -0.15) is 4.99 Å². The molecular formula is C15H11FN2O. The van der Waals surface area contributed by atoms with E-state index in [9.17, 15) is 9.18 Å². The van der Waals surface area contributed by atoms with E-state index in [1.54, 1.807) is 30.6 Å². The molecule has 0 aliphatic heterocycles. The maximum Gasteiger partial charge on any atom is 0.240 e. The van der Waals surface area contributed by atoms with Crippen LogP contribution in [0.15, 0.2) is 35.6 Å². The summed E-state index contributed by atoms with van der Waals surface area (Å²) in [4.78, 5) is 18.4. The van der Waals surface area contributed by atoms with Crippen LogP contribution in [0.1, 0.15) is 17.5 Å². The van der Waals surface area contributed by atoms with Gasteiger partial charge in [0, 0.05) is 18.0 Å². The summed E-state index contributed by atoms with van der Waals surface area (Å²) in [6, 6.07) is 5.01. The SMILES string of the molecule is O=C=Nc1c(-c2ccncc2)cc(F)c2c1CCC2. The number of hydrogen-bond donors (Lipinski definition) is 0. The minimum Gasteiger partial charge on any atom is -0.265 e. The van der Waals surface area contributed by atoms with Crippen LogP contribution in [0.2, 0.25) is 0 Å². The fourth-order valence-electron chi connectivity index (χ4n) is 2.64. The molecule has 0 saturated heterocycles. The third-order valence-corrected chi connectivity index (χ3v) is 3.47. The fourth-order valence-corrected chi connectivity index (χ4v) is 2.64. The Bertz CT molecular complexity index is 676. The molecular weight excluding hydrogens is 243 g/mol. The second kappa shape index (κ2) is 4.75. The molecule has 0 fully saturated rings. The van der Waals surface area contributed by atoms with Crippen molar-refractivity contribution in [3.05, 3.63) is 47.5 Å². The van der Waals surface area contributed by atoms with E-state index in [0.29, 0.717) is 23.2 Å². The number of benzene rings is 1. The number of isocyanates is 1. The van der Waals surface area contributed by atoms with E-state index < -0.39 is 0 Å². The lowest BCUT2D eigenvalue weighted by Crippen LogP contribution is -1.93. The molecule has 1 aromatic carbocycles. The highest BCUT2D eigenvalue weighted by Crippen LogP contribution is 2.40. The largest absolute Gasteiger partial charge is 0.265 e. The molecule has 0 N–H and O–H groups in total. The van der Waals surface area contributed by atoms with E-state index in [1.807, 2.05) is 0 Å². The van der Waals surface area contributed by atoms with E-state index in [2.05, 4.69) is 9.98 Å². The van der Waals surface area contributed by atoms with Gasteiger partial charge >= 0.3 is 0 Å². The highest BCUT2D eigenvalue weighted by atomic mass is 19.1. The fraction of sp³-hybridized carbons (Fsp3) is 0.200. The van der Waals surface area contributed by atoms with Gasteiger partial charge in [0.25, 0.3) is 0 Å². The quantitative estimate of drug-likeness (QED) is 0.609. The Morgan fingerprint density at radius 1 is 1.21 bits per heavy atom. The summed E-state index contributed by atoms with van der Waals surface area (Å²) >= 11 is 0. The Labute approximate surface area is 109 Å². The molecule has 0 saturated carbocycles. The van der Waals surface area contributed by atoms with Gasteiger partial charge in [-0.15, -0.1) is 0 Å². The predicted molar refractivity (Wildman–Crippen MR) is 69.4 cm³/mol. The molecule has 0 unspecified atom stereocenters. The molecule has 0 spiro atoms. The second-order valence-electron chi connectivity index (χ2n) is 4.50. The number of carbonyl (C=O) groups excluding carboxylic acids is 1. The van der Waals surface area contributed by atoms with Crippen LogP contribution in [0.5, 0.6) is 0 Å². The molecule has 1 aromatic heterocycles. The molecule has 0 bridgehead atoms. The van der Waals surface area contributed by atoms with Gasteiger partial charge in [0.1, 0.15) is 5.82 Å². The number of rotatable bonds is 2. The van der Waals surface area contributed by atoms with Crippen molar-refractivity contribution in [2.24, 2.45) is 4.99 Å². The van der Waals surface area contributed by atoms with Crippen molar-refractivity contribution in [2.75, 3.05) is 0 Å². The first-order chi connectivity index (χ1) is 9.31. The van der Waals surface area contributed by atoms with Crippen LogP contribution < -0.4 is 0 Å². The number of aromatic nitrogens is 1. The summed E-state index contributed by atoms with van der Waals surface area (Å²) in [6.07, 6.45) is 7.21. The number of hydrogen-bond acceptors (Lipinski definition) is 3. The predicted octanol–water partition coefficient (Wildman–Crippen LogP) is 3.34. The topological polar surface area (TPSA) is 42.3 Å². The van der Waals surface area contributed by atoms with Crippen molar-refractivity contribution in [3.8, 4) is 11.1 Å². The van der Waals surface area contributed by atoms with E-state index in [-0.39, 0.29) is 5.82 Å². The first-order valence-electron chi connectivity index (χ1n) is 6.14. The van der Waals surface area contributed by atoms with Crippen molar-refractivity contribution in [1.82, 2.24) is 4.98 Å². The minimum absolute atomic E-state index is 0.218. The average Bonchev–Trinajstić information content (AvgIpc) is 2.93. The Morgan fingerprint density at radius 3 is 2.68 bits per heavy atom. The van der Waals surface area contributed by atoms with Crippen LogP contribution in [0.3, 0.4) is 0 Å². The first kappa shape index (κ1) is 11.8. The lowest BCUT2D eigenvalue weighted by atomic mass is 9.98. The van der Waals surface area contributed by atoms with Gasteiger partial charge in [-0.05, 0) is 54.2 Å². The van der Waals surface area contributed by atoms with Gasteiger partial charge < -0.3 is 0 Å². The zero-order chi connectivity index (χ0) is 13.2. The van der Waals surface area contributed by atoms with Crippen LogP contribution in [0.4, 0.5) is 10.1 Å². The molecule has 1 heterocycles. The third kappa shape index (κ3) is 1.96. The second-order valence-corrected chi connectivity index (χ2v) is 4.50. The monoisotopic (exact) mass is 254 g/mol. The number of halogens is 1. The number of pyridine rings is 1. The number of fused-ring (bicyclic) bond motifs is 1. The van der Waals surface area contributed by atoms with Crippen LogP contribution in [-0.4, -0.2) is 11.1 Å². The van der Waals surface area contributed by atoms with Gasteiger partial charge in [0.05, 0.1) is 5.69 Å². The molecule has 0 amide bonds. The minimum atomic E-state index is -0.218. The van der Waals surface area contributed by atoms with Crippen LogP contribution in [0.25, 0.3) is 11.1 Å².